The summed E-state index contributed by atoms with van der Waals surface area (Å²) < 4.78 is 35.5. The van der Waals surface area contributed by atoms with Gasteiger partial charge in [-0.15, -0.1) is 0 Å². The minimum Gasteiger partial charge on any atom is -0.398 e. The standard InChI is InChI=1S/C15H17FN3O8P/c16-11-12(20)10(6-26-28(23,24)25)27-14(11)19-5-8(13(21)18-15(19)22)7-3-1-2-4-9(7)17/h1-5,10-12,14,20H,6,17H2,(H,18,21,22)(H2,23,24,25)/t10-,11+,12-,14-/m1/s1. The van der Waals surface area contributed by atoms with Gasteiger partial charge in [-0.1, -0.05) is 18.2 Å². The lowest BCUT2D eigenvalue weighted by Crippen LogP contribution is -2.36. The van der Waals surface area contributed by atoms with Gasteiger partial charge in [0.1, 0.15) is 12.2 Å². The van der Waals surface area contributed by atoms with Crippen LogP contribution in [0.2, 0.25) is 0 Å². The molecule has 0 unspecified atom stereocenters. The fraction of sp³-hybridized carbons (Fsp3) is 0.333. The Hall–Kier alpha value is -2.34. The number of alkyl halides is 1. The van der Waals surface area contributed by atoms with E-state index in [0.29, 0.717) is 5.56 Å². The SMILES string of the molecule is Nc1ccccc1-c1cn([C@@H]2O[C@H](COP(=O)(O)O)[C@@H](O)[C@@H]2F)c(=O)[nH]c1=O. The number of nitrogens with zero attached hydrogens (tertiary/aromatic N) is 1. The summed E-state index contributed by atoms with van der Waals surface area (Å²) in [6.45, 7) is -0.807. The van der Waals surface area contributed by atoms with Gasteiger partial charge < -0.3 is 25.4 Å². The lowest BCUT2D eigenvalue weighted by atomic mass is 10.1. The summed E-state index contributed by atoms with van der Waals surface area (Å²) in [6.07, 6.45) is -6.01. The van der Waals surface area contributed by atoms with Crippen molar-refractivity contribution in [3.63, 3.8) is 0 Å². The monoisotopic (exact) mass is 417 g/mol. The number of phosphoric acid groups is 1. The molecule has 0 amide bonds. The molecule has 2 heterocycles. The van der Waals surface area contributed by atoms with Crippen LogP contribution in [-0.4, -0.2) is 49.4 Å². The first-order chi connectivity index (χ1) is 13.1. The average Bonchev–Trinajstić information content (AvgIpc) is 2.89. The van der Waals surface area contributed by atoms with Crippen LogP contribution >= 0.6 is 7.82 Å². The molecule has 152 valence electrons. The maximum Gasteiger partial charge on any atom is 0.469 e. The molecule has 0 radical (unpaired) electrons. The zero-order valence-electron chi connectivity index (χ0n) is 14.1. The highest BCUT2D eigenvalue weighted by Gasteiger charge is 2.46. The second kappa shape index (κ2) is 7.59. The maximum absolute atomic E-state index is 14.5. The van der Waals surface area contributed by atoms with Gasteiger partial charge in [0.05, 0.1) is 12.2 Å². The predicted octanol–water partition coefficient (Wildman–Crippen LogP) is -0.509. The number of aliphatic hydroxyl groups is 1. The second-order valence-corrected chi connectivity index (χ2v) is 7.32. The van der Waals surface area contributed by atoms with Crippen LogP contribution in [0.5, 0.6) is 0 Å². The molecule has 0 bridgehead atoms. The third-order valence-electron chi connectivity index (χ3n) is 4.19. The molecule has 13 heteroatoms. The Kier molecular flexibility index (Phi) is 5.53. The van der Waals surface area contributed by atoms with Crippen molar-refractivity contribution in [1.82, 2.24) is 9.55 Å². The van der Waals surface area contributed by atoms with Crippen molar-refractivity contribution in [3.8, 4) is 11.1 Å². The van der Waals surface area contributed by atoms with E-state index in [2.05, 4.69) is 4.52 Å². The fourth-order valence-electron chi connectivity index (χ4n) is 2.84. The van der Waals surface area contributed by atoms with Gasteiger partial charge in [0.25, 0.3) is 5.56 Å². The van der Waals surface area contributed by atoms with Gasteiger partial charge in [-0.25, -0.2) is 13.8 Å². The molecule has 28 heavy (non-hydrogen) atoms. The van der Waals surface area contributed by atoms with Gasteiger partial charge in [-0.05, 0) is 6.07 Å². The summed E-state index contributed by atoms with van der Waals surface area (Å²) in [5, 5.41) is 9.92. The number of H-pyrrole nitrogens is 1. The van der Waals surface area contributed by atoms with Crippen LogP contribution in [0.15, 0.2) is 40.1 Å². The summed E-state index contributed by atoms with van der Waals surface area (Å²) >= 11 is 0. The molecule has 3 rings (SSSR count). The van der Waals surface area contributed by atoms with Gasteiger partial charge in [0.2, 0.25) is 0 Å². The molecule has 1 fully saturated rings. The number of hydrogen-bond donors (Lipinski definition) is 5. The van der Waals surface area contributed by atoms with Gasteiger partial charge in [-0.2, -0.15) is 0 Å². The quantitative estimate of drug-likeness (QED) is 0.317. The summed E-state index contributed by atoms with van der Waals surface area (Å²) in [6, 6.07) is 6.32. The molecule has 1 aliphatic rings. The Morgan fingerprint density at radius 1 is 1.29 bits per heavy atom. The molecular formula is C15H17FN3O8P. The Labute approximate surface area is 156 Å². The molecule has 4 atom stereocenters. The number of nitrogens with two attached hydrogens (primary N) is 1. The summed E-state index contributed by atoms with van der Waals surface area (Å²) in [4.78, 5) is 43.8. The highest BCUT2D eigenvalue weighted by atomic mass is 31.2. The molecule has 1 aliphatic heterocycles. The van der Waals surface area contributed by atoms with Crippen LogP contribution < -0.4 is 17.0 Å². The zero-order chi connectivity index (χ0) is 20.6. The van der Waals surface area contributed by atoms with Crippen LogP contribution in [0.25, 0.3) is 11.1 Å². The normalized spacial score (nSPS) is 25.1. The Balaban J connectivity index is 1.96. The first-order valence-corrected chi connectivity index (χ1v) is 9.49. The van der Waals surface area contributed by atoms with Crippen molar-refractivity contribution >= 4 is 13.5 Å². The van der Waals surface area contributed by atoms with Crippen molar-refractivity contribution < 1.29 is 33.1 Å². The Morgan fingerprint density at radius 2 is 1.96 bits per heavy atom. The van der Waals surface area contributed by atoms with E-state index in [4.69, 9.17) is 20.3 Å². The first-order valence-electron chi connectivity index (χ1n) is 7.96. The van der Waals surface area contributed by atoms with Gasteiger partial charge in [0.15, 0.2) is 12.4 Å². The van der Waals surface area contributed by atoms with Crippen LogP contribution in [-0.2, 0) is 13.8 Å². The largest absolute Gasteiger partial charge is 0.469 e. The number of hydrogen-bond acceptors (Lipinski definition) is 7. The zero-order valence-corrected chi connectivity index (χ0v) is 15.0. The minimum atomic E-state index is -4.87. The van der Waals surface area contributed by atoms with Crippen LogP contribution in [0.1, 0.15) is 6.23 Å². The number of nitrogen functional groups attached to an aromatic ring is 1. The molecule has 1 aromatic carbocycles. The van der Waals surface area contributed by atoms with Gasteiger partial charge >= 0.3 is 13.5 Å². The van der Waals surface area contributed by atoms with Crippen molar-refractivity contribution in [2.24, 2.45) is 0 Å². The van der Waals surface area contributed by atoms with Gasteiger partial charge in [0, 0.05) is 17.4 Å². The van der Waals surface area contributed by atoms with Crippen molar-refractivity contribution in [3.05, 3.63) is 51.3 Å². The van der Waals surface area contributed by atoms with E-state index in [9.17, 15) is 23.7 Å². The minimum absolute atomic E-state index is 0.0297. The maximum atomic E-state index is 14.5. The molecular weight excluding hydrogens is 400 g/mol. The fourth-order valence-corrected chi connectivity index (χ4v) is 3.19. The van der Waals surface area contributed by atoms with Gasteiger partial charge in [-0.3, -0.25) is 18.9 Å². The van der Waals surface area contributed by atoms with Crippen LogP contribution in [0, 0.1) is 0 Å². The molecule has 0 aliphatic carbocycles. The lowest BCUT2D eigenvalue weighted by molar-refractivity contribution is -0.0482. The number of para-hydroxylation sites is 1. The number of anilines is 1. The molecule has 1 saturated heterocycles. The third-order valence-corrected chi connectivity index (χ3v) is 4.68. The number of nitrogens with one attached hydrogen (secondary N) is 1. The van der Waals surface area contributed by atoms with E-state index < -0.39 is 50.3 Å². The Bertz CT molecular complexity index is 1030. The average molecular weight is 417 g/mol. The second-order valence-electron chi connectivity index (χ2n) is 6.08. The van der Waals surface area contributed by atoms with E-state index in [1.54, 1.807) is 12.1 Å². The number of rotatable bonds is 5. The Morgan fingerprint density at radius 3 is 2.61 bits per heavy atom. The highest BCUT2D eigenvalue weighted by Crippen LogP contribution is 2.39. The van der Waals surface area contributed by atoms with Crippen molar-refractivity contribution in [1.29, 1.82) is 0 Å². The van der Waals surface area contributed by atoms with E-state index in [1.807, 2.05) is 4.98 Å². The first kappa shape index (κ1) is 20.4. The van der Waals surface area contributed by atoms with E-state index in [-0.39, 0.29) is 11.3 Å². The van der Waals surface area contributed by atoms with E-state index in [0.717, 1.165) is 10.8 Å². The van der Waals surface area contributed by atoms with Crippen molar-refractivity contribution in [2.45, 2.75) is 24.6 Å². The molecule has 1 aromatic heterocycles. The summed E-state index contributed by atoms with van der Waals surface area (Å²) in [7, 11) is -4.87. The number of ether oxygens (including phenoxy) is 1. The topological polar surface area (TPSA) is 177 Å². The van der Waals surface area contributed by atoms with Crippen LogP contribution in [0.4, 0.5) is 10.1 Å². The van der Waals surface area contributed by atoms with E-state index >= 15 is 0 Å². The molecule has 6 N–H and O–H groups in total. The number of halogens is 1. The highest BCUT2D eigenvalue weighted by molar-refractivity contribution is 7.46. The molecule has 11 nitrogen and oxygen atoms in total. The van der Waals surface area contributed by atoms with Crippen LogP contribution in [0.3, 0.4) is 0 Å². The smallest absolute Gasteiger partial charge is 0.398 e. The third kappa shape index (κ3) is 4.07. The number of phosphoric ester groups is 1. The number of aromatic amines is 1. The molecule has 0 saturated carbocycles. The van der Waals surface area contributed by atoms with E-state index in [1.165, 1.54) is 12.1 Å². The summed E-state index contributed by atoms with van der Waals surface area (Å²) in [5.74, 6) is 0. The number of aliphatic hydroxyl groups excluding tert-OH is 1. The van der Waals surface area contributed by atoms with Crippen molar-refractivity contribution in [2.75, 3.05) is 12.3 Å². The number of aromatic nitrogens is 2. The molecule has 2 aromatic rings. The lowest BCUT2D eigenvalue weighted by Gasteiger charge is -2.17. The predicted molar refractivity (Wildman–Crippen MR) is 94.0 cm³/mol. The summed E-state index contributed by atoms with van der Waals surface area (Å²) in [5.41, 5.74) is 4.60. The molecule has 0 spiro atoms. The number of benzene rings is 1.